The van der Waals surface area contributed by atoms with Gasteiger partial charge in [-0.15, -0.1) is 0 Å². The monoisotopic (exact) mass is 411 g/mol. The van der Waals surface area contributed by atoms with Crippen molar-refractivity contribution in [3.8, 4) is 5.75 Å². The Morgan fingerprint density at radius 3 is 2.70 bits per heavy atom. The van der Waals surface area contributed by atoms with Crippen molar-refractivity contribution in [1.82, 2.24) is 14.7 Å². The molecule has 0 saturated carbocycles. The van der Waals surface area contributed by atoms with Gasteiger partial charge in [0.05, 0.1) is 30.4 Å². The molecule has 0 N–H and O–H groups in total. The Hall–Kier alpha value is -1.57. The number of halogens is 1. The second kappa shape index (κ2) is 7.81. The molecular formula is C19H26ClN3O3S. The van der Waals surface area contributed by atoms with Gasteiger partial charge in [-0.25, -0.2) is 8.42 Å². The summed E-state index contributed by atoms with van der Waals surface area (Å²) in [6.45, 7) is 5.41. The van der Waals surface area contributed by atoms with Crippen molar-refractivity contribution >= 4 is 21.4 Å². The Labute approximate surface area is 166 Å². The molecule has 1 saturated heterocycles. The van der Waals surface area contributed by atoms with E-state index in [0.717, 1.165) is 28.3 Å². The Morgan fingerprint density at radius 1 is 1.33 bits per heavy atom. The Balaban J connectivity index is 1.77. The molecule has 0 spiro atoms. The minimum absolute atomic E-state index is 0.0548. The summed E-state index contributed by atoms with van der Waals surface area (Å²) < 4.78 is 31.0. The predicted molar refractivity (Wildman–Crippen MR) is 107 cm³/mol. The van der Waals surface area contributed by atoms with E-state index in [1.165, 1.54) is 0 Å². The van der Waals surface area contributed by atoms with Crippen LogP contribution in [0.5, 0.6) is 5.75 Å². The molecule has 1 aromatic heterocycles. The lowest BCUT2D eigenvalue weighted by Crippen LogP contribution is -2.19. The van der Waals surface area contributed by atoms with Crippen LogP contribution in [-0.4, -0.2) is 48.8 Å². The van der Waals surface area contributed by atoms with Gasteiger partial charge >= 0.3 is 0 Å². The first kappa shape index (κ1) is 20.2. The first-order valence-electron chi connectivity index (χ1n) is 8.96. The maximum Gasteiger partial charge on any atom is 0.152 e. The second-order valence-corrected chi connectivity index (χ2v) is 9.94. The van der Waals surface area contributed by atoms with Crippen LogP contribution in [0.4, 0.5) is 0 Å². The standard InChI is InChI=1S/C19H26ClN3O3S/c1-13-18(14(2)23(21-13)17-7-8-27(24,25)12-17)11-22(3)10-15-9-16(20)5-6-19(15)26-4/h5-6,9,17H,7-8,10-12H2,1-4H3/t17-/m1/s1. The molecule has 1 aromatic carbocycles. The van der Waals surface area contributed by atoms with Crippen LogP contribution in [0.15, 0.2) is 18.2 Å². The normalized spacial score (nSPS) is 19.0. The van der Waals surface area contributed by atoms with E-state index < -0.39 is 9.84 Å². The van der Waals surface area contributed by atoms with E-state index in [1.54, 1.807) is 7.11 Å². The summed E-state index contributed by atoms with van der Waals surface area (Å²) in [6.07, 6.45) is 0.638. The van der Waals surface area contributed by atoms with Crippen LogP contribution >= 0.6 is 11.6 Å². The van der Waals surface area contributed by atoms with Gasteiger partial charge in [0.2, 0.25) is 0 Å². The number of sulfone groups is 1. The number of hydrogen-bond acceptors (Lipinski definition) is 5. The molecule has 0 unspecified atom stereocenters. The third-order valence-electron chi connectivity index (χ3n) is 5.14. The fourth-order valence-electron chi connectivity index (χ4n) is 3.74. The first-order chi connectivity index (χ1) is 12.7. The maximum atomic E-state index is 11.8. The molecule has 1 fully saturated rings. The quantitative estimate of drug-likeness (QED) is 0.730. The zero-order chi connectivity index (χ0) is 19.8. The summed E-state index contributed by atoms with van der Waals surface area (Å²) in [5, 5.41) is 5.33. The number of benzene rings is 1. The molecule has 3 rings (SSSR count). The zero-order valence-electron chi connectivity index (χ0n) is 16.2. The number of methoxy groups -OCH3 is 1. The molecule has 27 heavy (non-hydrogen) atoms. The molecular weight excluding hydrogens is 386 g/mol. The Kier molecular flexibility index (Phi) is 5.84. The summed E-state index contributed by atoms with van der Waals surface area (Å²) in [7, 11) is 0.755. The highest BCUT2D eigenvalue weighted by molar-refractivity contribution is 7.91. The Bertz CT molecular complexity index is 940. The minimum atomic E-state index is -2.94. The lowest BCUT2D eigenvalue weighted by Gasteiger charge is -2.19. The summed E-state index contributed by atoms with van der Waals surface area (Å²) in [5.74, 6) is 1.25. The van der Waals surface area contributed by atoms with Crippen LogP contribution < -0.4 is 4.74 Å². The van der Waals surface area contributed by atoms with Crippen LogP contribution in [0.3, 0.4) is 0 Å². The van der Waals surface area contributed by atoms with Crippen molar-refractivity contribution in [2.75, 3.05) is 25.7 Å². The molecule has 0 radical (unpaired) electrons. The average Bonchev–Trinajstić information content (AvgIpc) is 3.08. The van der Waals surface area contributed by atoms with E-state index in [9.17, 15) is 8.42 Å². The van der Waals surface area contributed by atoms with Crippen LogP contribution in [0.25, 0.3) is 0 Å². The van der Waals surface area contributed by atoms with Crippen LogP contribution in [0.2, 0.25) is 5.02 Å². The smallest absolute Gasteiger partial charge is 0.152 e. The Morgan fingerprint density at radius 2 is 2.07 bits per heavy atom. The highest BCUT2D eigenvalue weighted by Crippen LogP contribution is 2.28. The topological polar surface area (TPSA) is 64.4 Å². The van der Waals surface area contributed by atoms with Gasteiger partial charge in [0.15, 0.2) is 9.84 Å². The van der Waals surface area contributed by atoms with E-state index >= 15 is 0 Å². The van der Waals surface area contributed by atoms with Gasteiger partial charge in [-0.3, -0.25) is 9.58 Å². The fraction of sp³-hybridized carbons (Fsp3) is 0.526. The molecule has 6 nitrogen and oxygen atoms in total. The molecule has 0 bridgehead atoms. The molecule has 2 aromatic rings. The fourth-order valence-corrected chi connectivity index (χ4v) is 5.62. The van der Waals surface area contributed by atoms with E-state index in [0.29, 0.717) is 24.5 Å². The maximum absolute atomic E-state index is 11.8. The number of ether oxygens (including phenoxy) is 1. The lowest BCUT2D eigenvalue weighted by molar-refractivity contribution is 0.308. The van der Waals surface area contributed by atoms with Crippen molar-refractivity contribution in [1.29, 1.82) is 0 Å². The predicted octanol–water partition coefficient (Wildman–Crippen LogP) is 3.15. The number of aryl methyl sites for hydroxylation is 1. The first-order valence-corrected chi connectivity index (χ1v) is 11.2. The molecule has 8 heteroatoms. The van der Waals surface area contributed by atoms with Gasteiger partial charge in [-0.05, 0) is 45.5 Å². The van der Waals surface area contributed by atoms with Crippen LogP contribution in [-0.2, 0) is 22.9 Å². The molecule has 1 atom stereocenters. The van der Waals surface area contributed by atoms with E-state index in [2.05, 4.69) is 10.00 Å². The summed E-state index contributed by atoms with van der Waals surface area (Å²) in [6, 6.07) is 5.56. The highest BCUT2D eigenvalue weighted by Gasteiger charge is 2.31. The number of aromatic nitrogens is 2. The summed E-state index contributed by atoms with van der Waals surface area (Å²) in [5.41, 5.74) is 4.15. The van der Waals surface area contributed by atoms with Gasteiger partial charge in [-0.1, -0.05) is 11.6 Å². The molecule has 1 aliphatic rings. The third-order valence-corrected chi connectivity index (χ3v) is 7.13. The second-order valence-electron chi connectivity index (χ2n) is 7.28. The van der Waals surface area contributed by atoms with E-state index in [1.807, 2.05) is 43.8 Å². The van der Waals surface area contributed by atoms with Crippen LogP contribution in [0.1, 0.15) is 35.0 Å². The van der Waals surface area contributed by atoms with Crippen molar-refractivity contribution < 1.29 is 13.2 Å². The van der Waals surface area contributed by atoms with Crippen molar-refractivity contribution in [3.05, 3.63) is 45.7 Å². The van der Waals surface area contributed by atoms with Gasteiger partial charge < -0.3 is 4.74 Å². The summed E-state index contributed by atoms with van der Waals surface area (Å²) in [4.78, 5) is 2.18. The van der Waals surface area contributed by atoms with Crippen molar-refractivity contribution in [3.63, 3.8) is 0 Å². The minimum Gasteiger partial charge on any atom is -0.496 e. The van der Waals surface area contributed by atoms with Gasteiger partial charge in [0.25, 0.3) is 0 Å². The van der Waals surface area contributed by atoms with Crippen LogP contribution in [0, 0.1) is 13.8 Å². The van der Waals surface area contributed by atoms with E-state index in [-0.39, 0.29) is 17.5 Å². The zero-order valence-corrected chi connectivity index (χ0v) is 17.8. The molecule has 148 valence electrons. The van der Waals surface area contributed by atoms with Gasteiger partial charge in [0.1, 0.15) is 5.75 Å². The largest absolute Gasteiger partial charge is 0.496 e. The number of nitrogens with zero attached hydrogens (tertiary/aromatic N) is 3. The number of hydrogen-bond donors (Lipinski definition) is 0. The molecule has 0 amide bonds. The average molecular weight is 412 g/mol. The highest BCUT2D eigenvalue weighted by atomic mass is 35.5. The molecule has 2 heterocycles. The van der Waals surface area contributed by atoms with Crippen molar-refractivity contribution in [2.24, 2.45) is 0 Å². The van der Waals surface area contributed by atoms with E-state index in [4.69, 9.17) is 16.3 Å². The molecule has 1 aliphatic heterocycles. The molecule has 0 aliphatic carbocycles. The third kappa shape index (κ3) is 4.47. The summed E-state index contributed by atoms with van der Waals surface area (Å²) >= 11 is 6.13. The lowest BCUT2D eigenvalue weighted by atomic mass is 10.1. The number of rotatable bonds is 6. The SMILES string of the molecule is COc1ccc(Cl)cc1CN(C)Cc1c(C)nn([C@@H]2CCS(=O)(=O)C2)c1C. The van der Waals surface area contributed by atoms with Gasteiger partial charge in [-0.2, -0.15) is 5.10 Å². The van der Waals surface area contributed by atoms with Gasteiger partial charge in [0, 0.05) is 34.9 Å². The van der Waals surface area contributed by atoms with Crippen molar-refractivity contribution in [2.45, 2.75) is 39.4 Å².